The van der Waals surface area contributed by atoms with Crippen LogP contribution in [-0.4, -0.2) is 25.4 Å². The van der Waals surface area contributed by atoms with Crippen molar-refractivity contribution in [3.05, 3.63) is 59.0 Å². The van der Waals surface area contributed by atoms with Gasteiger partial charge in [-0.05, 0) is 24.3 Å². The van der Waals surface area contributed by atoms with E-state index in [4.69, 9.17) is 4.42 Å². The summed E-state index contributed by atoms with van der Waals surface area (Å²) in [6.07, 6.45) is 2.34. The SMILES string of the molecule is CNC(=O)c1cc(C(=O)NCC2CC2)c([C@@H](C)c2ccccc2)o1. The zero-order valence-electron chi connectivity index (χ0n) is 14.0. The van der Waals surface area contributed by atoms with Crippen molar-refractivity contribution in [1.82, 2.24) is 10.6 Å². The first-order chi connectivity index (χ1) is 11.6. The summed E-state index contributed by atoms with van der Waals surface area (Å²) < 4.78 is 5.75. The van der Waals surface area contributed by atoms with E-state index in [0.29, 0.717) is 23.8 Å². The van der Waals surface area contributed by atoms with Gasteiger partial charge in [0.2, 0.25) is 0 Å². The molecule has 1 aliphatic rings. The van der Waals surface area contributed by atoms with E-state index in [2.05, 4.69) is 10.6 Å². The summed E-state index contributed by atoms with van der Waals surface area (Å²) in [4.78, 5) is 24.5. The number of carbonyl (C=O) groups excluding carboxylic acids is 2. The Hall–Kier alpha value is -2.56. The number of benzene rings is 1. The van der Waals surface area contributed by atoms with E-state index >= 15 is 0 Å². The lowest BCUT2D eigenvalue weighted by Gasteiger charge is -2.11. The third-order valence-corrected chi connectivity index (χ3v) is 4.40. The summed E-state index contributed by atoms with van der Waals surface area (Å²) in [5.74, 6) is 0.636. The molecule has 1 saturated carbocycles. The van der Waals surface area contributed by atoms with Gasteiger partial charge < -0.3 is 15.1 Å². The quantitative estimate of drug-likeness (QED) is 0.857. The van der Waals surface area contributed by atoms with Gasteiger partial charge in [-0.2, -0.15) is 0 Å². The van der Waals surface area contributed by atoms with Crippen molar-refractivity contribution in [2.75, 3.05) is 13.6 Å². The average Bonchev–Trinajstić information content (AvgIpc) is 3.35. The minimum atomic E-state index is -0.335. The lowest BCUT2D eigenvalue weighted by molar-refractivity contribution is 0.0929. The Kier molecular flexibility index (Phi) is 4.69. The Balaban J connectivity index is 1.91. The molecule has 0 aliphatic heterocycles. The minimum absolute atomic E-state index is 0.119. The fraction of sp³-hybridized carbons (Fsp3) is 0.368. The van der Waals surface area contributed by atoms with Crippen molar-refractivity contribution in [2.24, 2.45) is 5.92 Å². The van der Waals surface area contributed by atoms with Crippen LogP contribution < -0.4 is 10.6 Å². The molecule has 2 aromatic rings. The number of furan rings is 1. The Labute approximate surface area is 141 Å². The Bertz CT molecular complexity index is 732. The van der Waals surface area contributed by atoms with E-state index < -0.39 is 0 Å². The van der Waals surface area contributed by atoms with E-state index in [1.54, 1.807) is 0 Å². The molecule has 0 radical (unpaired) electrons. The number of carbonyl (C=O) groups is 2. The van der Waals surface area contributed by atoms with Gasteiger partial charge in [-0.25, -0.2) is 0 Å². The fourth-order valence-corrected chi connectivity index (χ4v) is 2.69. The van der Waals surface area contributed by atoms with Crippen LogP contribution in [0.25, 0.3) is 0 Å². The van der Waals surface area contributed by atoms with Crippen LogP contribution in [0.2, 0.25) is 0 Å². The molecule has 126 valence electrons. The summed E-state index contributed by atoms with van der Waals surface area (Å²) in [6, 6.07) is 11.3. The Morgan fingerprint density at radius 2 is 1.92 bits per heavy atom. The van der Waals surface area contributed by atoms with Gasteiger partial charge in [0.05, 0.1) is 5.56 Å². The molecule has 2 amide bonds. The number of rotatable bonds is 6. The highest BCUT2D eigenvalue weighted by atomic mass is 16.4. The smallest absolute Gasteiger partial charge is 0.286 e. The van der Waals surface area contributed by atoms with Gasteiger partial charge in [-0.15, -0.1) is 0 Å². The van der Waals surface area contributed by atoms with Crippen molar-refractivity contribution >= 4 is 11.8 Å². The van der Waals surface area contributed by atoms with Gasteiger partial charge in [0.25, 0.3) is 11.8 Å². The van der Waals surface area contributed by atoms with Crippen LogP contribution in [-0.2, 0) is 0 Å². The highest BCUT2D eigenvalue weighted by Gasteiger charge is 2.27. The van der Waals surface area contributed by atoms with E-state index in [1.807, 2.05) is 37.3 Å². The number of nitrogens with one attached hydrogen (secondary N) is 2. The van der Waals surface area contributed by atoms with Crippen molar-refractivity contribution in [1.29, 1.82) is 0 Å². The molecule has 1 fully saturated rings. The van der Waals surface area contributed by atoms with Crippen molar-refractivity contribution in [2.45, 2.75) is 25.7 Å². The van der Waals surface area contributed by atoms with Crippen molar-refractivity contribution in [3.63, 3.8) is 0 Å². The van der Waals surface area contributed by atoms with E-state index in [0.717, 1.165) is 5.56 Å². The molecule has 0 bridgehead atoms. The van der Waals surface area contributed by atoms with E-state index in [9.17, 15) is 9.59 Å². The molecule has 0 unspecified atom stereocenters. The molecule has 24 heavy (non-hydrogen) atoms. The second-order valence-corrected chi connectivity index (χ2v) is 6.25. The largest absolute Gasteiger partial charge is 0.454 e. The zero-order chi connectivity index (χ0) is 17.1. The van der Waals surface area contributed by atoms with E-state index in [1.165, 1.54) is 26.0 Å². The van der Waals surface area contributed by atoms with Gasteiger partial charge in [0, 0.05) is 25.6 Å². The second kappa shape index (κ2) is 6.91. The maximum absolute atomic E-state index is 12.6. The second-order valence-electron chi connectivity index (χ2n) is 6.25. The average molecular weight is 326 g/mol. The van der Waals surface area contributed by atoms with Crippen LogP contribution in [0.4, 0.5) is 0 Å². The first-order valence-corrected chi connectivity index (χ1v) is 8.29. The first-order valence-electron chi connectivity index (χ1n) is 8.29. The molecule has 5 nitrogen and oxygen atoms in total. The predicted molar refractivity (Wildman–Crippen MR) is 91.1 cm³/mol. The molecule has 1 aliphatic carbocycles. The zero-order valence-corrected chi connectivity index (χ0v) is 14.0. The van der Waals surface area contributed by atoms with Gasteiger partial charge in [-0.1, -0.05) is 37.3 Å². The van der Waals surface area contributed by atoms with Gasteiger partial charge in [0.1, 0.15) is 5.76 Å². The summed E-state index contributed by atoms with van der Waals surface area (Å²) in [6.45, 7) is 2.65. The van der Waals surface area contributed by atoms with Crippen LogP contribution in [0.3, 0.4) is 0 Å². The molecule has 0 spiro atoms. The Morgan fingerprint density at radius 3 is 2.54 bits per heavy atom. The maximum Gasteiger partial charge on any atom is 0.286 e. The molecule has 1 aromatic heterocycles. The lowest BCUT2D eigenvalue weighted by atomic mass is 9.96. The van der Waals surface area contributed by atoms with Crippen LogP contribution in [0.1, 0.15) is 57.9 Å². The van der Waals surface area contributed by atoms with Crippen LogP contribution in [0.5, 0.6) is 0 Å². The predicted octanol–water partition coefficient (Wildman–Crippen LogP) is 2.93. The summed E-state index contributed by atoms with van der Waals surface area (Å²) in [5, 5.41) is 5.48. The van der Waals surface area contributed by atoms with Gasteiger partial charge >= 0.3 is 0 Å². The van der Waals surface area contributed by atoms with Crippen LogP contribution in [0.15, 0.2) is 40.8 Å². The van der Waals surface area contributed by atoms with Gasteiger partial charge in [-0.3, -0.25) is 9.59 Å². The fourth-order valence-electron chi connectivity index (χ4n) is 2.69. The lowest BCUT2D eigenvalue weighted by Crippen LogP contribution is -2.26. The molecule has 2 N–H and O–H groups in total. The topological polar surface area (TPSA) is 71.3 Å². The van der Waals surface area contributed by atoms with Crippen molar-refractivity contribution in [3.8, 4) is 0 Å². The third-order valence-electron chi connectivity index (χ3n) is 4.40. The van der Waals surface area contributed by atoms with Gasteiger partial charge in [0.15, 0.2) is 5.76 Å². The molecule has 0 saturated heterocycles. The molecule has 1 heterocycles. The molecule has 1 aromatic carbocycles. The highest BCUT2D eigenvalue weighted by molar-refractivity contribution is 5.99. The maximum atomic E-state index is 12.6. The molecular weight excluding hydrogens is 304 g/mol. The number of amides is 2. The standard InChI is InChI=1S/C19H22N2O3/c1-12(14-6-4-3-5-7-14)17-15(10-16(24-17)19(23)20-2)18(22)21-11-13-8-9-13/h3-7,10,12-13H,8-9,11H2,1-2H3,(H,20,23)(H,21,22)/t12-/m0/s1. The van der Waals surface area contributed by atoms with E-state index in [-0.39, 0.29) is 23.5 Å². The normalized spacial score (nSPS) is 14.9. The highest BCUT2D eigenvalue weighted by Crippen LogP contribution is 2.31. The van der Waals surface area contributed by atoms with Crippen LogP contribution in [0, 0.1) is 5.92 Å². The number of hydrogen-bond donors (Lipinski definition) is 2. The minimum Gasteiger partial charge on any atom is -0.454 e. The monoisotopic (exact) mass is 326 g/mol. The Morgan fingerprint density at radius 1 is 1.21 bits per heavy atom. The molecule has 5 heteroatoms. The summed E-state index contributed by atoms with van der Waals surface area (Å²) >= 11 is 0. The third kappa shape index (κ3) is 3.50. The molecule has 1 atom stereocenters. The van der Waals surface area contributed by atoms with Crippen LogP contribution >= 0.6 is 0 Å². The first kappa shape index (κ1) is 16.3. The van der Waals surface area contributed by atoms with Crippen molar-refractivity contribution < 1.29 is 14.0 Å². The summed E-state index contributed by atoms with van der Waals surface area (Å²) in [7, 11) is 1.54. The number of hydrogen-bond acceptors (Lipinski definition) is 3. The molecular formula is C19H22N2O3. The summed E-state index contributed by atoms with van der Waals surface area (Å²) in [5.41, 5.74) is 1.47. The molecule has 3 rings (SSSR count).